The van der Waals surface area contributed by atoms with Gasteiger partial charge >= 0.3 is 12.0 Å². The van der Waals surface area contributed by atoms with Gasteiger partial charge in [-0.3, -0.25) is 4.79 Å². The number of carbonyl (C=O) groups is 2. The molecule has 5 heteroatoms. The Morgan fingerprint density at radius 2 is 1.65 bits per heavy atom. The highest BCUT2D eigenvalue weighted by molar-refractivity contribution is 5.76. The van der Waals surface area contributed by atoms with Gasteiger partial charge in [-0.2, -0.15) is 0 Å². The van der Waals surface area contributed by atoms with Gasteiger partial charge in [0.2, 0.25) is 0 Å². The second-order valence-corrected chi connectivity index (χ2v) is 6.15. The van der Waals surface area contributed by atoms with Crippen LogP contribution in [0.2, 0.25) is 0 Å². The van der Waals surface area contributed by atoms with Gasteiger partial charge < -0.3 is 15.7 Å². The molecule has 0 aromatic rings. The number of carboxylic acids is 1. The zero-order valence-electron chi connectivity index (χ0n) is 11.4. The van der Waals surface area contributed by atoms with Gasteiger partial charge in [0.25, 0.3) is 0 Å². The lowest BCUT2D eigenvalue weighted by atomic mass is 9.92. The van der Waals surface area contributed by atoms with Gasteiger partial charge in [-0.15, -0.1) is 0 Å². The van der Waals surface area contributed by atoms with E-state index in [2.05, 4.69) is 31.4 Å². The number of nitrogens with one attached hydrogen (secondary N) is 2. The molecular weight excluding hydrogens is 220 g/mol. The van der Waals surface area contributed by atoms with Crippen molar-refractivity contribution in [2.75, 3.05) is 6.54 Å². The van der Waals surface area contributed by atoms with Crippen LogP contribution < -0.4 is 10.6 Å². The molecule has 0 fully saturated rings. The van der Waals surface area contributed by atoms with Crippen LogP contribution in [0, 0.1) is 5.41 Å². The predicted molar refractivity (Wildman–Crippen MR) is 66.9 cm³/mol. The minimum Gasteiger partial charge on any atom is -0.481 e. The number of hydrogen-bond donors (Lipinski definition) is 3. The number of rotatable bonds is 5. The molecule has 0 heterocycles. The van der Waals surface area contributed by atoms with E-state index in [1.807, 2.05) is 0 Å². The van der Waals surface area contributed by atoms with Gasteiger partial charge in [0.05, 0.1) is 6.42 Å². The monoisotopic (exact) mass is 244 g/mol. The van der Waals surface area contributed by atoms with Crippen LogP contribution in [0.4, 0.5) is 4.79 Å². The van der Waals surface area contributed by atoms with Crippen LogP contribution in [0.5, 0.6) is 0 Å². The molecule has 0 bridgehead atoms. The molecule has 0 atom stereocenters. The van der Waals surface area contributed by atoms with Crippen molar-refractivity contribution < 1.29 is 14.7 Å². The molecule has 0 rings (SSSR count). The molecule has 5 nitrogen and oxygen atoms in total. The van der Waals surface area contributed by atoms with Gasteiger partial charge in [0, 0.05) is 12.1 Å². The largest absolute Gasteiger partial charge is 0.481 e. The van der Waals surface area contributed by atoms with Crippen molar-refractivity contribution in [2.45, 2.75) is 53.0 Å². The van der Waals surface area contributed by atoms with Crippen molar-refractivity contribution in [3.8, 4) is 0 Å². The molecule has 0 aromatic heterocycles. The van der Waals surface area contributed by atoms with Gasteiger partial charge in [-0.25, -0.2) is 4.79 Å². The number of carboxylic acid groups (broad SMARTS) is 1. The molecule has 0 aliphatic heterocycles. The average Bonchev–Trinajstić information content (AvgIpc) is 1.95. The van der Waals surface area contributed by atoms with Crippen LogP contribution in [0.25, 0.3) is 0 Å². The predicted octanol–water partition coefficient (Wildman–Crippen LogP) is 1.98. The molecule has 0 saturated heterocycles. The number of amides is 2. The Morgan fingerprint density at radius 1 is 1.12 bits per heavy atom. The first-order valence-corrected chi connectivity index (χ1v) is 5.80. The van der Waals surface area contributed by atoms with Crippen molar-refractivity contribution in [3.63, 3.8) is 0 Å². The molecule has 0 radical (unpaired) electrons. The summed E-state index contributed by atoms with van der Waals surface area (Å²) in [5.74, 6) is -0.926. The molecule has 17 heavy (non-hydrogen) atoms. The fraction of sp³-hybridized carbons (Fsp3) is 0.833. The van der Waals surface area contributed by atoms with Gasteiger partial charge in [-0.1, -0.05) is 20.8 Å². The summed E-state index contributed by atoms with van der Waals surface area (Å²) in [6.45, 7) is 10.2. The van der Waals surface area contributed by atoms with Gasteiger partial charge in [0.1, 0.15) is 0 Å². The zero-order valence-corrected chi connectivity index (χ0v) is 11.4. The SMILES string of the molecule is CC(C)(C)CCNC(=O)NC(C)(C)CC(=O)O. The van der Waals surface area contributed by atoms with E-state index in [-0.39, 0.29) is 17.9 Å². The van der Waals surface area contributed by atoms with E-state index in [1.165, 1.54) is 0 Å². The third-order valence-corrected chi connectivity index (χ3v) is 2.21. The Morgan fingerprint density at radius 3 is 2.06 bits per heavy atom. The highest BCUT2D eigenvalue weighted by Crippen LogP contribution is 2.16. The third kappa shape index (κ3) is 9.66. The smallest absolute Gasteiger partial charge is 0.315 e. The maximum atomic E-state index is 11.5. The molecule has 100 valence electrons. The molecule has 0 aliphatic rings. The quantitative estimate of drug-likeness (QED) is 0.692. The summed E-state index contributed by atoms with van der Waals surface area (Å²) in [7, 11) is 0. The lowest BCUT2D eigenvalue weighted by Gasteiger charge is -2.25. The van der Waals surface area contributed by atoms with E-state index in [0.29, 0.717) is 6.54 Å². The standard InChI is InChI=1S/C12H24N2O3/c1-11(2,3)6-7-13-10(17)14-12(4,5)8-9(15)16/h6-8H2,1-5H3,(H,15,16)(H2,13,14,17). The van der Waals surface area contributed by atoms with Crippen LogP contribution in [0.3, 0.4) is 0 Å². The maximum Gasteiger partial charge on any atom is 0.315 e. The normalized spacial score (nSPS) is 12.1. The number of aliphatic carboxylic acids is 1. The third-order valence-electron chi connectivity index (χ3n) is 2.21. The second-order valence-electron chi connectivity index (χ2n) is 6.15. The summed E-state index contributed by atoms with van der Waals surface area (Å²) < 4.78 is 0. The molecule has 0 spiro atoms. The second kappa shape index (κ2) is 5.89. The Balaban J connectivity index is 3.97. The fourth-order valence-electron chi connectivity index (χ4n) is 1.32. The number of hydrogen-bond acceptors (Lipinski definition) is 2. The molecule has 0 aliphatic carbocycles. The lowest BCUT2D eigenvalue weighted by molar-refractivity contribution is -0.138. The molecular formula is C12H24N2O3. The Kier molecular flexibility index (Phi) is 5.45. The zero-order chi connectivity index (χ0) is 13.7. The van der Waals surface area contributed by atoms with Gasteiger partial charge in [0.15, 0.2) is 0 Å². The van der Waals surface area contributed by atoms with E-state index >= 15 is 0 Å². The van der Waals surface area contributed by atoms with Gasteiger partial charge in [-0.05, 0) is 25.7 Å². The highest BCUT2D eigenvalue weighted by atomic mass is 16.4. The first kappa shape index (κ1) is 15.7. The van der Waals surface area contributed by atoms with Crippen LogP contribution in [0.15, 0.2) is 0 Å². The molecule has 0 aromatic carbocycles. The molecule has 0 unspecified atom stereocenters. The number of carbonyl (C=O) groups excluding carboxylic acids is 1. The van der Waals surface area contributed by atoms with E-state index in [4.69, 9.17) is 5.11 Å². The summed E-state index contributed by atoms with van der Waals surface area (Å²) in [6.07, 6.45) is 0.777. The summed E-state index contributed by atoms with van der Waals surface area (Å²) in [5, 5.41) is 14.0. The first-order chi connectivity index (χ1) is 7.52. The Labute approximate surface area is 103 Å². The molecule has 2 amide bonds. The lowest BCUT2D eigenvalue weighted by Crippen LogP contribution is -2.49. The summed E-state index contributed by atoms with van der Waals surface area (Å²) in [6, 6.07) is -0.319. The molecule has 3 N–H and O–H groups in total. The van der Waals surface area contributed by atoms with E-state index in [9.17, 15) is 9.59 Å². The Hall–Kier alpha value is -1.26. The summed E-state index contributed by atoms with van der Waals surface area (Å²) >= 11 is 0. The van der Waals surface area contributed by atoms with Crippen LogP contribution in [0.1, 0.15) is 47.5 Å². The highest BCUT2D eigenvalue weighted by Gasteiger charge is 2.23. The Bertz CT molecular complexity index is 280. The average molecular weight is 244 g/mol. The van der Waals surface area contributed by atoms with Crippen molar-refractivity contribution in [3.05, 3.63) is 0 Å². The van der Waals surface area contributed by atoms with Crippen molar-refractivity contribution in [2.24, 2.45) is 5.41 Å². The molecule has 0 saturated carbocycles. The van der Waals surface area contributed by atoms with Crippen molar-refractivity contribution in [1.82, 2.24) is 10.6 Å². The number of urea groups is 1. The minimum atomic E-state index is -0.926. The van der Waals surface area contributed by atoms with Crippen LogP contribution in [-0.2, 0) is 4.79 Å². The minimum absolute atomic E-state index is 0.0975. The summed E-state index contributed by atoms with van der Waals surface area (Å²) in [4.78, 5) is 22.1. The van der Waals surface area contributed by atoms with E-state index in [0.717, 1.165) is 6.42 Å². The topological polar surface area (TPSA) is 78.4 Å². The van der Waals surface area contributed by atoms with Crippen molar-refractivity contribution >= 4 is 12.0 Å². The summed E-state index contributed by atoms with van der Waals surface area (Å²) in [5.41, 5.74) is -0.568. The maximum absolute atomic E-state index is 11.5. The fourth-order valence-corrected chi connectivity index (χ4v) is 1.32. The van der Waals surface area contributed by atoms with Crippen molar-refractivity contribution in [1.29, 1.82) is 0 Å². The van der Waals surface area contributed by atoms with E-state index < -0.39 is 11.5 Å². The van der Waals surface area contributed by atoms with Crippen LogP contribution >= 0.6 is 0 Å². The van der Waals surface area contributed by atoms with E-state index in [1.54, 1.807) is 13.8 Å². The van der Waals surface area contributed by atoms with Crippen LogP contribution in [-0.4, -0.2) is 29.2 Å². The first-order valence-electron chi connectivity index (χ1n) is 5.80.